The number of nitrogen functional groups attached to an aromatic ring is 1. The van der Waals surface area contributed by atoms with Crippen LogP contribution in [0.25, 0.3) is 17.1 Å². The Labute approximate surface area is 259 Å². The minimum Gasteiger partial charge on any atom is -0.472 e. The molecule has 2 saturated heterocycles. The largest absolute Gasteiger partial charge is 0.472 e. The third kappa shape index (κ3) is 4.89. The van der Waals surface area contributed by atoms with Crippen LogP contribution >= 0.6 is 0 Å². The zero-order valence-corrected chi connectivity index (χ0v) is 24.7. The number of benzene rings is 1. The maximum absolute atomic E-state index is 16.7. The second kappa shape index (κ2) is 10.9. The smallest absolute Gasteiger partial charge is 0.417 e. The van der Waals surface area contributed by atoms with Crippen LogP contribution in [0.5, 0.6) is 5.88 Å². The third-order valence-electron chi connectivity index (χ3n) is 8.86. The number of piperazine rings is 1. The maximum Gasteiger partial charge on any atom is 0.417 e. The molecule has 6 heterocycles. The molecule has 0 spiro atoms. The lowest BCUT2D eigenvalue weighted by Crippen LogP contribution is -2.63. The number of carbonyl (C=O) groups is 1. The van der Waals surface area contributed by atoms with E-state index < -0.39 is 69.6 Å². The molecule has 3 aliphatic heterocycles. The fourth-order valence-corrected chi connectivity index (χ4v) is 6.82. The van der Waals surface area contributed by atoms with Crippen molar-refractivity contribution in [3.05, 3.63) is 76.7 Å². The van der Waals surface area contributed by atoms with Gasteiger partial charge in [-0.25, -0.2) is 23.4 Å². The molecule has 1 amide bonds. The molecule has 3 aliphatic rings. The van der Waals surface area contributed by atoms with Crippen molar-refractivity contribution < 1.29 is 31.5 Å². The van der Waals surface area contributed by atoms with Crippen LogP contribution in [0.3, 0.4) is 0 Å². The molecule has 2 bridgehead atoms. The summed E-state index contributed by atoms with van der Waals surface area (Å²) in [6.07, 6.45) is -0.841. The quantitative estimate of drug-likeness (QED) is 0.209. The highest BCUT2D eigenvalue weighted by Crippen LogP contribution is 2.46. The molecule has 46 heavy (non-hydrogen) atoms. The Morgan fingerprint density at radius 3 is 2.72 bits per heavy atom. The van der Waals surface area contributed by atoms with E-state index in [1.54, 1.807) is 48.5 Å². The van der Waals surface area contributed by atoms with Gasteiger partial charge in [-0.1, -0.05) is 6.07 Å². The fourth-order valence-electron chi connectivity index (χ4n) is 6.82. The van der Waals surface area contributed by atoms with Crippen LogP contribution in [0.1, 0.15) is 46.9 Å². The monoisotopic (exact) mass is 640 g/mol. The SMILES string of the molecule is Cc1c(F)c(N)cc(-c2nc3c(c(NCc4ccn(-c5ccccn5)n4)c2F)C(=O)N2C[C@H]4CC[C@H](N4)[C@H]2[C@H](C)O3)c1C(F)(F)F. The van der Waals surface area contributed by atoms with E-state index >= 15 is 4.39 Å². The number of rotatable bonds is 5. The van der Waals surface area contributed by atoms with E-state index in [2.05, 4.69) is 25.7 Å². The summed E-state index contributed by atoms with van der Waals surface area (Å²) < 4.78 is 82.2. The second-order valence-corrected chi connectivity index (χ2v) is 11.8. The molecule has 2 fully saturated rings. The molecule has 4 atom stereocenters. The number of ether oxygens (including phenoxy) is 1. The van der Waals surface area contributed by atoms with Gasteiger partial charge >= 0.3 is 6.18 Å². The van der Waals surface area contributed by atoms with Crippen molar-refractivity contribution >= 4 is 17.3 Å². The standard InChI is InChI=1S/C31H29F5N8O2/c1-14-23(31(34,35)36)18(11-19(37)24(14)32)26-25(33)27(39-12-16-8-10-44(42-16)21-5-3-4-9-38-21)22-29(41-26)46-15(2)28-20-7-6-17(40-20)13-43(28)30(22)45/h3-5,8-11,15,17,20,28,40H,6-7,12-13,37H2,1-2H3,(H,39,41)/t15-,17+,20-,28+/m0/s1. The van der Waals surface area contributed by atoms with Gasteiger partial charge in [0.05, 0.1) is 35.2 Å². The fraction of sp³-hybridized carbons (Fsp3) is 0.355. The molecular formula is C31H29F5N8O2. The first-order valence-electron chi connectivity index (χ1n) is 14.8. The number of amides is 1. The summed E-state index contributed by atoms with van der Waals surface area (Å²) >= 11 is 0. The lowest BCUT2D eigenvalue weighted by Gasteiger charge is -2.41. The maximum atomic E-state index is 16.7. The molecule has 10 nitrogen and oxygen atoms in total. The Hall–Kier alpha value is -4.79. The van der Waals surface area contributed by atoms with Gasteiger partial charge in [-0.3, -0.25) is 4.79 Å². The lowest BCUT2D eigenvalue weighted by atomic mass is 9.95. The van der Waals surface area contributed by atoms with E-state index in [1.165, 1.54) is 4.68 Å². The van der Waals surface area contributed by atoms with Crippen molar-refractivity contribution in [3.8, 4) is 23.0 Å². The van der Waals surface area contributed by atoms with Crippen LogP contribution in [-0.4, -0.2) is 61.3 Å². The van der Waals surface area contributed by atoms with Gasteiger partial charge in [-0.15, -0.1) is 0 Å². The molecule has 15 heteroatoms. The van der Waals surface area contributed by atoms with Crippen molar-refractivity contribution in [2.75, 3.05) is 17.6 Å². The highest BCUT2D eigenvalue weighted by molar-refractivity contribution is 6.03. The molecule has 3 aromatic heterocycles. The molecule has 240 valence electrons. The summed E-state index contributed by atoms with van der Waals surface area (Å²) in [5.41, 5.74) is 1.08. The molecule has 1 aromatic carbocycles. The minimum atomic E-state index is -5.09. The van der Waals surface area contributed by atoms with Crippen molar-refractivity contribution in [1.29, 1.82) is 0 Å². The van der Waals surface area contributed by atoms with Crippen LogP contribution < -0.4 is 21.1 Å². The predicted octanol–water partition coefficient (Wildman–Crippen LogP) is 4.85. The predicted molar refractivity (Wildman–Crippen MR) is 157 cm³/mol. The van der Waals surface area contributed by atoms with Gasteiger partial charge in [-0.05, 0) is 56.5 Å². The first-order chi connectivity index (χ1) is 21.9. The average molecular weight is 641 g/mol. The minimum absolute atomic E-state index is 0.0440. The molecule has 4 aromatic rings. The number of alkyl halides is 3. The topological polar surface area (TPSA) is 123 Å². The number of fused-ring (bicyclic) bond motifs is 5. The number of hydrogen-bond donors (Lipinski definition) is 3. The molecule has 7 rings (SSSR count). The Morgan fingerprint density at radius 1 is 1.17 bits per heavy atom. The van der Waals surface area contributed by atoms with E-state index in [1.807, 2.05) is 0 Å². The van der Waals surface area contributed by atoms with Crippen LogP contribution in [0, 0.1) is 18.6 Å². The molecule has 0 saturated carbocycles. The first-order valence-corrected chi connectivity index (χ1v) is 14.8. The van der Waals surface area contributed by atoms with E-state index in [0.29, 0.717) is 24.1 Å². The van der Waals surface area contributed by atoms with Gasteiger partial charge in [0.15, 0.2) is 11.6 Å². The van der Waals surface area contributed by atoms with Crippen molar-refractivity contribution in [2.45, 2.75) is 63.6 Å². The Bertz CT molecular complexity index is 1850. The highest BCUT2D eigenvalue weighted by Gasteiger charge is 2.49. The van der Waals surface area contributed by atoms with Gasteiger partial charge in [0, 0.05) is 36.6 Å². The highest BCUT2D eigenvalue weighted by atomic mass is 19.4. The van der Waals surface area contributed by atoms with E-state index in [-0.39, 0.29) is 30.1 Å². The van der Waals surface area contributed by atoms with Crippen LogP contribution in [0.15, 0.2) is 42.7 Å². The summed E-state index contributed by atoms with van der Waals surface area (Å²) in [6.45, 7) is 2.88. The number of pyridine rings is 2. The van der Waals surface area contributed by atoms with Crippen LogP contribution in [-0.2, 0) is 12.7 Å². The number of nitrogens with one attached hydrogen (secondary N) is 2. The zero-order chi connectivity index (χ0) is 32.5. The Kier molecular flexibility index (Phi) is 7.10. The molecule has 4 N–H and O–H groups in total. The summed E-state index contributed by atoms with van der Waals surface area (Å²) in [4.78, 5) is 24.3. The average Bonchev–Trinajstić information content (AvgIpc) is 3.63. The third-order valence-corrected chi connectivity index (χ3v) is 8.86. The number of halogens is 5. The number of hydrogen-bond acceptors (Lipinski definition) is 8. The van der Waals surface area contributed by atoms with Gasteiger partial charge in [0.2, 0.25) is 5.88 Å². The zero-order valence-electron chi connectivity index (χ0n) is 24.7. The molecular weight excluding hydrogens is 611 g/mol. The lowest BCUT2D eigenvalue weighted by molar-refractivity contribution is -0.137. The van der Waals surface area contributed by atoms with Gasteiger partial charge in [0.1, 0.15) is 23.2 Å². The van der Waals surface area contributed by atoms with E-state index in [4.69, 9.17) is 10.5 Å². The normalized spacial score (nSPS) is 22.2. The van der Waals surface area contributed by atoms with Gasteiger partial charge < -0.3 is 26.0 Å². The molecule has 0 radical (unpaired) electrons. The summed E-state index contributed by atoms with van der Waals surface area (Å²) in [5, 5.41) is 10.8. The molecule has 0 aliphatic carbocycles. The van der Waals surface area contributed by atoms with E-state index in [0.717, 1.165) is 19.8 Å². The van der Waals surface area contributed by atoms with E-state index in [9.17, 15) is 22.4 Å². The van der Waals surface area contributed by atoms with Gasteiger partial charge in [0.25, 0.3) is 5.91 Å². The van der Waals surface area contributed by atoms with Crippen molar-refractivity contribution in [1.82, 2.24) is 30.0 Å². The van der Waals surface area contributed by atoms with Crippen LogP contribution in [0.4, 0.5) is 33.3 Å². The molecule has 0 unspecified atom stereocenters. The Balaban J connectivity index is 1.38. The van der Waals surface area contributed by atoms with Crippen LogP contribution in [0.2, 0.25) is 0 Å². The number of nitrogens with two attached hydrogens (primary N) is 1. The second-order valence-electron chi connectivity index (χ2n) is 11.8. The number of aromatic nitrogens is 4. The summed E-state index contributed by atoms with van der Waals surface area (Å²) in [7, 11) is 0. The Morgan fingerprint density at radius 2 is 1.98 bits per heavy atom. The number of anilines is 2. The summed E-state index contributed by atoms with van der Waals surface area (Å²) in [5.74, 6) is -2.89. The van der Waals surface area contributed by atoms with Gasteiger partial charge in [-0.2, -0.15) is 18.3 Å². The first kappa shape index (κ1) is 29.9. The van der Waals surface area contributed by atoms with Crippen molar-refractivity contribution in [2.24, 2.45) is 0 Å². The number of nitrogens with zero attached hydrogens (tertiary/aromatic N) is 5. The summed E-state index contributed by atoms with van der Waals surface area (Å²) in [6, 6.07) is 7.16. The number of carbonyl (C=O) groups excluding carboxylic acids is 1. The van der Waals surface area contributed by atoms with Crippen molar-refractivity contribution in [3.63, 3.8) is 0 Å².